The van der Waals surface area contributed by atoms with E-state index < -0.39 is 42.0 Å². The molecule has 0 unspecified atom stereocenters. The average Bonchev–Trinajstić information content (AvgIpc) is 2.68. The van der Waals surface area contributed by atoms with Gasteiger partial charge >= 0.3 is 11.9 Å². The summed E-state index contributed by atoms with van der Waals surface area (Å²) >= 11 is 0. The van der Waals surface area contributed by atoms with Gasteiger partial charge < -0.3 is 24.6 Å². The van der Waals surface area contributed by atoms with E-state index in [-0.39, 0.29) is 6.54 Å². The maximum Gasteiger partial charge on any atom is 0.359 e. The maximum absolute atomic E-state index is 11.1. The van der Waals surface area contributed by atoms with Crippen LogP contribution in [-0.2, 0) is 14.4 Å². The lowest BCUT2D eigenvalue weighted by atomic mass is 10.0. The van der Waals surface area contributed by atoms with Crippen LogP contribution in [0.3, 0.4) is 0 Å². The van der Waals surface area contributed by atoms with Crippen molar-refractivity contribution in [2.75, 3.05) is 26.2 Å². The van der Waals surface area contributed by atoms with Crippen LogP contribution in [0.1, 0.15) is 103 Å². The molecular formula is C25H45NO6. The Morgan fingerprint density at radius 2 is 1.06 bits per heavy atom. The SMILES string of the molecule is CCCCCCCCCCCCCCC/C=C/CC[N+](CC(=O)[O-])(CC(=O)O)CC(=O)O. The molecule has 0 radical (unpaired) electrons. The molecule has 2 N–H and O–H groups in total. The Balaban J connectivity index is 3.90. The summed E-state index contributed by atoms with van der Waals surface area (Å²) in [7, 11) is 0. The topological polar surface area (TPSA) is 115 Å². The summed E-state index contributed by atoms with van der Waals surface area (Å²) in [6.07, 6.45) is 22.3. The normalized spacial score (nSPS) is 11.8. The molecule has 186 valence electrons. The molecule has 7 heteroatoms. The van der Waals surface area contributed by atoms with E-state index in [0.29, 0.717) is 6.42 Å². The van der Waals surface area contributed by atoms with Gasteiger partial charge in [0.1, 0.15) is 6.54 Å². The Hall–Kier alpha value is -1.89. The number of carbonyl (C=O) groups is 3. The van der Waals surface area contributed by atoms with E-state index >= 15 is 0 Å². The van der Waals surface area contributed by atoms with Crippen LogP contribution in [0.4, 0.5) is 0 Å². The molecule has 32 heavy (non-hydrogen) atoms. The third-order valence-electron chi connectivity index (χ3n) is 5.82. The lowest BCUT2D eigenvalue weighted by molar-refractivity contribution is -0.908. The Kier molecular flexibility index (Phi) is 18.6. The molecule has 0 aromatic heterocycles. The molecule has 7 nitrogen and oxygen atoms in total. The van der Waals surface area contributed by atoms with E-state index in [1.807, 2.05) is 12.2 Å². The average molecular weight is 456 g/mol. The Labute approximate surface area is 194 Å². The molecule has 0 fully saturated rings. The molecular weight excluding hydrogens is 410 g/mol. The molecule has 0 heterocycles. The summed E-state index contributed by atoms with van der Waals surface area (Å²) in [6, 6.07) is 0. The highest BCUT2D eigenvalue weighted by Gasteiger charge is 2.33. The van der Waals surface area contributed by atoms with Crippen molar-refractivity contribution in [3.05, 3.63) is 12.2 Å². The molecule has 0 aliphatic rings. The van der Waals surface area contributed by atoms with Gasteiger partial charge in [0.2, 0.25) is 0 Å². The number of carbonyl (C=O) groups excluding carboxylic acids is 1. The highest BCUT2D eigenvalue weighted by Crippen LogP contribution is 2.13. The number of nitrogens with zero attached hydrogens (tertiary/aromatic N) is 1. The first-order chi connectivity index (χ1) is 15.3. The Bertz CT molecular complexity index is 506. The number of carboxylic acid groups (broad SMARTS) is 3. The molecule has 0 amide bonds. The number of unbranched alkanes of at least 4 members (excludes halogenated alkanes) is 13. The van der Waals surface area contributed by atoms with Crippen LogP contribution in [0.5, 0.6) is 0 Å². The summed E-state index contributed by atoms with van der Waals surface area (Å²) in [5.41, 5.74) is 0. The standard InChI is InChI=1S/C25H45NO6/c1-2-3-4-5-6-7-8-9-10-11-12-13-14-15-16-17-18-19-26(20-23(27)28,21-24(29)30)22-25(31)32/h16-17H,2-15,18-22H2,1H3,(H2-,27,28,29,30,31,32)/b17-16+. The van der Waals surface area contributed by atoms with Crippen LogP contribution in [0, 0.1) is 0 Å². The molecule has 0 aromatic rings. The summed E-state index contributed by atoms with van der Waals surface area (Å²) < 4.78 is -0.546. The third-order valence-corrected chi connectivity index (χ3v) is 5.82. The van der Waals surface area contributed by atoms with E-state index in [1.165, 1.54) is 77.0 Å². The van der Waals surface area contributed by atoms with Crippen molar-refractivity contribution in [2.45, 2.75) is 103 Å². The minimum Gasteiger partial charge on any atom is -0.544 e. The van der Waals surface area contributed by atoms with Crippen molar-refractivity contribution in [3.63, 3.8) is 0 Å². The van der Waals surface area contributed by atoms with Gasteiger partial charge in [0, 0.05) is 6.42 Å². The second-order valence-electron chi connectivity index (χ2n) is 8.99. The van der Waals surface area contributed by atoms with Gasteiger partial charge in [0.15, 0.2) is 13.1 Å². The molecule has 0 atom stereocenters. The molecule has 0 bridgehead atoms. The molecule has 0 saturated heterocycles. The zero-order valence-electron chi connectivity index (χ0n) is 20.1. The van der Waals surface area contributed by atoms with E-state index in [0.717, 1.165) is 12.8 Å². The third kappa shape index (κ3) is 18.8. The number of hydrogen-bond acceptors (Lipinski definition) is 4. The molecule has 0 spiro atoms. The first-order valence-electron chi connectivity index (χ1n) is 12.4. The highest BCUT2D eigenvalue weighted by molar-refractivity contribution is 5.72. The van der Waals surface area contributed by atoms with Crippen molar-refractivity contribution in [2.24, 2.45) is 0 Å². The molecule has 0 rings (SSSR count). The Morgan fingerprint density at radius 3 is 1.47 bits per heavy atom. The van der Waals surface area contributed by atoms with Crippen molar-refractivity contribution in [3.8, 4) is 0 Å². The Morgan fingerprint density at radius 1 is 0.656 bits per heavy atom. The quantitative estimate of drug-likeness (QED) is 0.136. The molecule has 0 aliphatic heterocycles. The van der Waals surface area contributed by atoms with Crippen LogP contribution in [0.2, 0.25) is 0 Å². The lowest BCUT2D eigenvalue weighted by Crippen LogP contribution is -2.59. The minimum absolute atomic E-state index is 0.141. The highest BCUT2D eigenvalue weighted by atomic mass is 16.4. The first kappa shape index (κ1) is 30.1. The summed E-state index contributed by atoms with van der Waals surface area (Å²) in [5.74, 6) is -3.88. The van der Waals surface area contributed by atoms with Crippen LogP contribution in [0.25, 0.3) is 0 Å². The minimum atomic E-state index is -1.44. The second-order valence-corrected chi connectivity index (χ2v) is 8.99. The molecule has 0 aliphatic carbocycles. The number of allylic oxidation sites excluding steroid dienone is 1. The smallest absolute Gasteiger partial charge is 0.359 e. The van der Waals surface area contributed by atoms with Gasteiger partial charge in [-0.3, -0.25) is 0 Å². The predicted octanol–water partition coefficient (Wildman–Crippen LogP) is 4.15. The van der Waals surface area contributed by atoms with Gasteiger partial charge in [0.05, 0.1) is 12.5 Å². The van der Waals surface area contributed by atoms with Crippen LogP contribution >= 0.6 is 0 Å². The van der Waals surface area contributed by atoms with Gasteiger partial charge in [-0.15, -0.1) is 0 Å². The van der Waals surface area contributed by atoms with E-state index in [1.54, 1.807) is 0 Å². The van der Waals surface area contributed by atoms with Crippen LogP contribution < -0.4 is 5.11 Å². The number of rotatable bonds is 23. The second kappa shape index (κ2) is 19.8. The maximum atomic E-state index is 11.1. The molecule has 0 saturated carbocycles. The fraction of sp³-hybridized carbons (Fsp3) is 0.800. The van der Waals surface area contributed by atoms with Crippen LogP contribution in [0.15, 0.2) is 12.2 Å². The van der Waals surface area contributed by atoms with Gasteiger partial charge in [0.25, 0.3) is 0 Å². The van der Waals surface area contributed by atoms with E-state index in [4.69, 9.17) is 10.2 Å². The fourth-order valence-electron chi connectivity index (χ4n) is 4.12. The number of hydrogen-bond donors (Lipinski definition) is 2. The largest absolute Gasteiger partial charge is 0.544 e. The first-order valence-corrected chi connectivity index (χ1v) is 12.4. The summed E-state index contributed by atoms with van der Waals surface area (Å²) in [5, 5.41) is 29.2. The lowest BCUT2D eigenvalue weighted by Gasteiger charge is -2.35. The predicted molar refractivity (Wildman–Crippen MR) is 124 cm³/mol. The fourth-order valence-corrected chi connectivity index (χ4v) is 4.12. The van der Waals surface area contributed by atoms with Crippen molar-refractivity contribution in [1.29, 1.82) is 0 Å². The van der Waals surface area contributed by atoms with E-state index in [2.05, 4.69) is 6.92 Å². The van der Waals surface area contributed by atoms with Gasteiger partial charge in [-0.25, -0.2) is 9.59 Å². The zero-order valence-corrected chi connectivity index (χ0v) is 20.1. The van der Waals surface area contributed by atoms with Crippen molar-refractivity contribution < 1.29 is 34.2 Å². The molecule has 0 aromatic carbocycles. The van der Waals surface area contributed by atoms with Crippen molar-refractivity contribution in [1.82, 2.24) is 0 Å². The van der Waals surface area contributed by atoms with E-state index in [9.17, 15) is 19.5 Å². The van der Waals surface area contributed by atoms with Gasteiger partial charge in [-0.05, 0) is 12.8 Å². The summed E-state index contributed by atoms with van der Waals surface area (Å²) in [6.45, 7) is 0.670. The van der Waals surface area contributed by atoms with Crippen LogP contribution in [-0.4, -0.2) is 58.8 Å². The number of carboxylic acids is 3. The monoisotopic (exact) mass is 455 g/mol. The number of quaternary nitrogens is 1. The summed E-state index contributed by atoms with van der Waals surface area (Å²) in [4.78, 5) is 33.3. The zero-order chi connectivity index (χ0) is 24.1. The van der Waals surface area contributed by atoms with Crippen molar-refractivity contribution >= 4 is 17.9 Å². The van der Waals surface area contributed by atoms with Gasteiger partial charge in [-0.2, -0.15) is 0 Å². The number of aliphatic carboxylic acids is 3. The van der Waals surface area contributed by atoms with Gasteiger partial charge in [-0.1, -0.05) is 96.1 Å².